The molecular formula is C23H16N4O4S. The topological polar surface area (TPSA) is 126 Å². The third-order valence-corrected chi connectivity index (χ3v) is 6.66. The van der Waals surface area contributed by atoms with Crippen molar-refractivity contribution in [2.75, 3.05) is 0 Å². The number of hydrogen-bond acceptors (Lipinski definition) is 7. The molecule has 0 radical (unpaired) electrons. The number of aromatic nitrogens is 2. The summed E-state index contributed by atoms with van der Waals surface area (Å²) in [4.78, 5) is 32.3. The van der Waals surface area contributed by atoms with Crippen molar-refractivity contribution in [3.8, 4) is 17.4 Å². The highest BCUT2D eigenvalue weighted by atomic mass is 32.1. The molecule has 0 atom stereocenters. The van der Waals surface area contributed by atoms with E-state index in [4.69, 9.17) is 4.42 Å². The first-order valence-electron chi connectivity index (χ1n) is 10.0. The Balaban J connectivity index is 1.50. The van der Waals surface area contributed by atoms with Crippen molar-refractivity contribution in [3.05, 3.63) is 78.9 Å². The number of aromatic amines is 1. The van der Waals surface area contributed by atoms with Gasteiger partial charge in [0.15, 0.2) is 5.82 Å². The van der Waals surface area contributed by atoms with E-state index in [1.165, 1.54) is 34.4 Å². The Morgan fingerprint density at radius 3 is 2.75 bits per heavy atom. The Kier molecular flexibility index (Phi) is 4.92. The van der Waals surface area contributed by atoms with Gasteiger partial charge < -0.3 is 9.40 Å². The lowest BCUT2D eigenvalue weighted by Gasteiger charge is -2.09. The molecule has 1 aliphatic rings. The number of nitro benzene ring substituents is 1. The number of rotatable bonds is 4. The first kappa shape index (κ1) is 19.9. The highest BCUT2D eigenvalue weighted by Gasteiger charge is 2.20. The Morgan fingerprint density at radius 1 is 1.22 bits per heavy atom. The molecule has 158 valence electrons. The lowest BCUT2D eigenvalue weighted by Crippen LogP contribution is -2.12. The van der Waals surface area contributed by atoms with Crippen LogP contribution < -0.4 is 5.56 Å². The lowest BCUT2D eigenvalue weighted by atomic mass is 9.97. The second-order valence-corrected chi connectivity index (χ2v) is 8.57. The summed E-state index contributed by atoms with van der Waals surface area (Å²) in [6.45, 7) is 0. The van der Waals surface area contributed by atoms with Crippen LogP contribution in [-0.4, -0.2) is 14.9 Å². The molecule has 4 aromatic rings. The van der Waals surface area contributed by atoms with E-state index >= 15 is 0 Å². The van der Waals surface area contributed by atoms with Crippen LogP contribution in [0.2, 0.25) is 0 Å². The van der Waals surface area contributed by atoms with Crippen molar-refractivity contribution in [3.63, 3.8) is 0 Å². The zero-order valence-corrected chi connectivity index (χ0v) is 17.6. The number of aryl methyl sites for hydroxylation is 2. The number of furan rings is 1. The van der Waals surface area contributed by atoms with Gasteiger partial charge in [-0.3, -0.25) is 14.9 Å². The van der Waals surface area contributed by atoms with E-state index in [9.17, 15) is 20.2 Å². The number of nitrogens with zero attached hydrogens (tertiary/aromatic N) is 3. The Morgan fingerprint density at radius 2 is 2.00 bits per heavy atom. The molecule has 9 heteroatoms. The molecule has 3 heterocycles. The predicted molar refractivity (Wildman–Crippen MR) is 121 cm³/mol. The average Bonchev–Trinajstić information content (AvgIpc) is 3.42. The number of benzene rings is 1. The maximum absolute atomic E-state index is 12.8. The average molecular weight is 444 g/mol. The summed E-state index contributed by atoms with van der Waals surface area (Å²) in [6, 6.07) is 11.5. The summed E-state index contributed by atoms with van der Waals surface area (Å²) in [6.07, 6.45) is 5.55. The van der Waals surface area contributed by atoms with Gasteiger partial charge in [-0.25, -0.2) is 4.98 Å². The first-order valence-corrected chi connectivity index (χ1v) is 10.9. The minimum Gasteiger partial charge on any atom is -0.457 e. The van der Waals surface area contributed by atoms with E-state index in [0.29, 0.717) is 27.3 Å². The molecular weight excluding hydrogens is 428 g/mol. The van der Waals surface area contributed by atoms with Crippen LogP contribution in [0.3, 0.4) is 0 Å². The number of nitro groups is 1. The van der Waals surface area contributed by atoms with E-state index < -0.39 is 4.92 Å². The van der Waals surface area contributed by atoms with Crippen LogP contribution in [0.4, 0.5) is 5.69 Å². The van der Waals surface area contributed by atoms with Gasteiger partial charge in [-0.2, -0.15) is 5.26 Å². The molecule has 0 saturated carbocycles. The van der Waals surface area contributed by atoms with Crippen LogP contribution in [0.25, 0.3) is 33.2 Å². The molecule has 0 aliphatic heterocycles. The fraction of sp³-hybridized carbons (Fsp3) is 0.174. The SMILES string of the molecule is N#C/C(=C\c1ccc(-c2ccc([N+](=O)[O-])cc2)o1)c1nc2sc3c(c2c(=O)[nH]1)CCCC3. The molecule has 0 amide bonds. The number of hydrogen-bond donors (Lipinski definition) is 1. The Bertz CT molecular complexity index is 1490. The molecule has 1 aromatic carbocycles. The molecule has 0 spiro atoms. The van der Waals surface area contributed by atoms with E-state index in [0.717, 1.165) is 31.2 Å². The smallest absolute Gasteiger partial charge is 0.269 e. The number of allylic oxidation sites excluding steroid dienone is 1. The number of non-ortho nitro benzene ring substituents is 1. The largest absolute Gasteiger partial charge is 0.457 e. The van der Waals surface area contributed by atoms with Crippen molar-refractivity contribution < 1.29 is 9.34 Å². The summed E-state index contributed by atoms with van der Waals surface area (Å²) >= 11 is 1.53. The number of nitrogens with one attached hydrogen (secondary N) is 1. The van der Waals surface area contributed by atoms with Crippen LogP contribution in [-0.2, 0) is 12.8 Å². The third kappa shape index (κ3) is 3.50. The molecule has 0 unspecified atom stereocenters. The maximum Gasteiger partial charge on any atom is 0.269 e. The second-order valence-electron chi connectivity index (χ2n) is 7.48. The van der Waals surface area contributed by atoms with Gasteiger partial charge in [-0.1, -0.05) is 0 Å². The number of thiophene rings is 1. The highest BCUT2D eigenvalue weighted by molar-refractivity contribution is 7.18. The van der Waals surface area contributed by atoms with Crippen molar-refractivity contribution in [1.82, 2.24) is 9.97 Å². The van der Waals surface area contributed by atoms with Gasteiger partial charge in [0.05, 0.1) is 15.9 Å². The standard InChI is InChI=1S/C23H16N4O4S/c24-12-14(11-16-9-10-18(31-16)13-5-7-15(8-6-13)27(29)30)21-25-22(28)20-17-3-1-2-4-19(17)32-23(20)26-21/h5-11H,1-4H2,(H,25,26,28)/b14-11+. The van der Waals surface area contributed by atoms with Gasteiger partial charge >= 0.3 is 0 Å². The van der Waals surface area contributed by atoms with Crippen molar-refractivity contribution >= 4 is 38.9 Å². The third-order valence-electron chi connectivity index (χ3n) is 5.48. The van der Waals surface area contributed by atoms with Gasteiger partial charge in [0.1, 0.15) is 22.4 Å². The van der Waals surface area contributed by atoms with Gasteiger partial charge in [0.25, 0.3) is 11.2 Å². The van der Waals surface area contributed by atoms with Gasteiger partial charge in [-0.15, -0.1) is 11.3 Å². The van der Waals surface area contributed by atoms with E-state index in [1.807, 2.05) is 0 Å². The fourth-order valence-corrected chi connectivity index (χ4v) is 5.18. The predicted octanol–water partition coefficient (Wildman–Crippen LogP) is 5.10. The molecule has 8 nitrogen and oxygen atoms in total. The Hall–Kier alpha value is -4.03. The summed E-state index contributed by atoms with van der Waals surface area (Å²) in [7, 11) is 0. The van der Waals surface area contributed by atoms with E-state index in [-0.39, 0.29) is 22.6 Å². The normalized spacial score (nSPS) is 13.7. The zero-order valence-electron chi connectivity index (χ0n) is 16.8. The van der Waals surface area contributed by atoms with E-state index in [1.54, 1.807) is 24.3 Å². The molecule has 3 aromatic heterocycles. The highest BCUT2D eigenvalue weighted by Crippen LogP contribution is 2.34. The molecule has 1 aliphatic carbocycles. The monoisotopic (exact) mass is 444 g/mol. The van der Waals surface area contributed by atoms with Crippen molar-refractivity contribution in [2.45, 2.75) is 25.7 Å². The minimum absolute atomic E-state index is 0.00660. The van der Waals surface area contributed by atoms with Crippen LogP contribution in [0.15, 0.2) is 45.6 Å². The van der Waals surface area contributed by atoms with Crippen molar-refractivity contribution in [1.29, 1.82) is 5.26 Å². The minimum atomic E-state index is -0.464. The van der Waals surface area contributed by atoms with Gasteiger partial charge in [0, 0.05) is 28.6 Å². The Labute approximate surface area is 185 Å². The summed E-state index contributed by atoms with van der Waals surface area (Å²) in [5.41, 5.74) is 1.72. The van der Waals surface area contributed by atoms with Gasteiger partial charge in [0.2, 0.25) is 0 Å². The van der Waals surface area contributed by atoms with Crippen LogP contribution in [0, 0.1) is 21.4 Å². The van der Waals surface area contributed by atoms with Crippen molar-refractivity contribution in [2.24, 2.45) is 0 Å². The summed E-state index contributed by atoms with van der Waals surface area (Å²) in [5.74, 6) is 1.12. The second kappa shape index (κ2) is 7.90. The van der Waals surface area contributed by atoms with Gasteiger partial charge in [-0.05, 0) is 55.5 Å². The van der Waals surface area contributed by atoms with Crippen LogP contribution in [0.5, 0.6) is 0 Å². The van der Waals surface area contributed by atoms with E-state index in [2.05, 4.69) is 16.0 Å². The molecule has 1 N–H and O–H groups in total. The fourth-order valence-electron chi connectivity index (χ4n) is 3.92. The molecule has 32 heavy (non-hydrogen) atoms. The maximum atomic E-state index is 12.8. The summed E-state index contributed by atoms with van der Waals surface area (Å²) in [5, 5.41) is 21.2. The number of fused-ring (bicyclic) bond motifs is 3. The molecule has 0 saturated heterocycles. The number of nitriles is 1. The quantitative estimate of drug-likeness (QED) is 0.265. The zero-order chi connectivity index (χ0) is 22.2. The van der Waals surface area contributed by atoms with Crippen LogP contribution >= 0.6 is 11.3 Å². The molecule has 0 bridgehead atoms. The molecule has 0 fully saturated rings. The first-order chi connectivity index (χ1) is 15.5. The van der Waals surface area contributed by atoms with Crippen LogP contribution in [0.1, 0.15) is 34.9 Å². The number of H-pyrrole nitrogens is 1. The molecule has 5 rings (SSSR count). The lowest BCUT2D eigenvalue weighted by molar-refractivity contribution is -0.384. The summed E-state index contributed by atoms with van der Waals surface area (Å²) < 4.78 is 5.79.